The summed E-state index contributed by atoms with van der Waals surface area (Å²) in [5, 5.41) is 3.68. The van der Waals surface area contributed by atoms with E-state index in [9.17, 15) is 0 Å². The summed E-state index contributed by atoms with van der Waals surface area (Å²) in [4.78, 5) is 2.47. The van der Waals surface area contributed by atoms with E-state index in [-0.39, 0.29) is 5.54 Å². The molecule has 0 aliphatic carbocycles. The summed E-state index contributed by atoms with van der Waals surface area (Å²) in [5.41, 5.74) is 1.69. The summed E-state index contributed by atoms with van der Waals surface area (Å²) in [6, 6.07) is 11.3. The number of hydrogen-bond acceptors (Lipinski definition) is 2. The summed E-state index contributed by atoms with van der Waals surface area (Å²) in [7, 11) is 2.23. The van der Waals surface area contributed by atoms with E-state index in [1.54, 1.807) is 0 Å². The minimum absolute atomic E-state index is 0.278. The van der Waals surface area contributed by atoms with E-state index in [4.69, 9.17) is 0 Å². The molecule has 2 atom stereocenters. The van der Waals surface area contributed by atoms with Crippen LogP contribution in [0.5, 0.6) is 0 Å². The molecule has 1 aromatic carbocycles. The zero-order valence-electron chi connectivity index (χ0n) is 10.5. The SMILES string of the molecule is CCC1(C)CN(C)C(c2ccccc2)CN1. The molecule has 2 rings (SSSR count). The van der Waals surface area contributed by atoms with Crippen LogP contribution in [0.15, 0.2) is 30.3 Å². The van der Waals surface area contributed by atoms with Gasteiger partial charge in [-0.15, -0.1) is 0 Å². The Balaban J connectivity index is 2.11. The van der Waals surface area contributed by atoms with Gasteiger partial charge in [0.15, 0.2) is 0 Å². The van der Waals surface area contributed by atoms with Gasteiger partial charge in [0.2, 0.25) is 0 Å². The van der Waals surface area contributed by atoms with Gasteiger partial charge >= 0.3 is 0 Å². The van der Waals surface area contributed by atoms with Crippen LogP contribution in [-0.4, -0.2) is 30.6 Å². The Hall–Kier alpha value is -0.860. The first-order chi connectivity index (χ1) is 7.64. The van der Waals surface area contributed by atoms with Gasteiger partial charge in [-0.3, -0.25) is 4.90 Å². The molecule has 88 valence electrons. The van der Waals surface area contributed by atoms with Gasteiger partial charge in [0.05, 0.1) is 0 Å². The standard InChI is InChI=1S/C14H22N2/c1-4-14(2)11-16(3)13(10-15-14)12-8-6-5-7-9-12/h5-9,13,15H,4,10-11H2,1-3H3. The monoisotopic (exact) mass is 218 g/mol. The molecule has 2 heteroatoms. The van der Waals surface area contributed by atoms with Crippen molar-refractivity contribution in [3.05, 3.63) is 35.9 Å². The molecule has 0 radical (unpaired) electrons. The van der Waals surface area contributed by atoms with Crippen LogP contribution in [-0.2, 0) is 0 Å². The van der Waals surface area contributed by atoms with Crippen molar-refractivity contribution in [3.63, 3.8) is 0 Å². The number of nitrogens with one attached hydrogen (secondary N) is 1. The molecule has 1 saturated heterocycles. The van der Waals surface area contributed by atoms with Crippen molar-refractivity contribution in [2.75, 3.05) is 20.1 Å². The van der Waals surface area contributed by atoms with Gasteiger partial charge in [-0.25, -0.2) is 0 Å². The second kappa shape index (κ2) is 4.56. The Labute approximate surface area is 98.7 Å². The highest BCUT2D eigenvalue weighted by atomic mass is 15.2. The normalized spacial score (nSPS) is 31.6. The van der Waals surface area contributed by atoms with Gasteiger partial charge in [-0.2, -0.15) is 0 Å². The molecule has 1 fully saturated rings. The highest BCUT2D eigenvalue weighted by Crippen LogP contribution is 2.26. The highest BCUT2D eigenvalue weighted by Gasteiger charge is 2.32. The van der Waals surface area contributed by atoms with E-state index in [0.717, 1.165) is 13.1 Å². The van der Waals surface area contributed by atoms with Crippen molar-refractivity contribution in [1.82, 2.24) is 10.2 Å². The topological polar surface area (TPSA) is 15.3 Å². The molecule has 1 heterocycles. The number of nitrogens with zero attached hydrogens (tertiary/aromatic N) is 1. The lowest BCUT2D eigenvalue weighted by Crippen LogP contribution is -2.58. The largest absolute Gasteiger partial charge is 0.308 e. The molecule has 0 saturated carbocycles. The quantitative estimate of drug-likeness (QED) is 0.820. The lowest BCUT2D eigenvalue weighted by molar-refractivity contribution is 0.110. The Morgan fingerprint density at radius 1 is 1.38 bits per heavy atom. The van der Waals surface area contributed by atoms with Crippen LogP contribution in [0.25, 0.3) is 0 Å². The molecule has 1 aromatic rings. The predicted octanol–water partition coefficient (Wildman–Crippen LogP) is 2.43. The first kappa shape index (κ1) is 11.6. The molecular weight excluding hydrogens is 196 g/mol. The smallest absolute Gasteiger partial charge is 0.0470 e. The van der Waals surface area contributed by atoms with Crippen LogP contribution in [0.1, 0.15) is 31.9 Å². The number of likely N-dealkylation sites (N-methyl/N-ethyl adjacent to an activating group) is 1. The zero-order chi connectivity index (χ0) is 11.6. The fourth-order valence-corrected chi connectivity index (χ4v) is 2.50. The van der Waals surface area contributed by atoms with E-state index >= 15 is 0 Å². The van der Waals surface area contributed by atoms with Crippen molar-refractivity contribution in [2.24, 2.45) is 0 Å². The molecule has 2 nitrogen and oxygen atoms in total. The lowest BCUT2D eigenvalue weighted by Gasteiger charge is -2.44. The number of hydrogen-bond donors (Lipinski definition) is 1. The third-order valence-electron chi connectivity index (χ3n) is 3.82. The van der Waals surface area contributed by atoms with Crippen molar-refractivity contribution in [1.29, 1.82) is 0 Å². The maximum atomic E-state index is 3.68. The van der Waals surface area contributed by atoms with Gasteiger partial charge in [0.25, 0.3) is 0 Å². The summed E-state index contributed by atoms with van der Waals surface area (Å²) >= 11 is 0. The summed E-state index contributed by atoms with van der Waals surface area (Å²) in [6.45, 7) is 6.72. The molecule has 0 bridgehead atoms. The van der Waals surface area contributed by atoms with Gasteiger partial charge in [-0.1, -0.05) is 37.3 Å². The number of benzene rings is 1. The molecule has 0 amide bonds. The highest BCUT2D eigenvalue weighted by molar-refractivity contribution is 5.20. The molecule has 1 aliphatic rings. The fourth-order valence-electron chi connectivity index (χ4n) is 2.50. The van der Waals surface area contributed by atoms with Crippen LogP contribution < -0.4 is 5.32 Å². The van der Waals surface area contributed by atoms with E-state index in [1.165, 1.54) is 12.0 Å². The second-order valence-electron chi connectivity index (χ2n) is 5.14. The van der Waals surface area contributed by atoms with Crippen molar-refractivity contribution in [3.8, 4) is 0 Å². The van der Waals surface area contributed by atoms with Crippen molar-refractivity contribution < 1.29 is 0 Å². The van der Waals surface area contributed by atoms with Gasteiger partial charge < -0.3 is 5.32 Å². The predicted molar refractivity (Wildman–Crippen MR) is 68.5 cm³/mol. The number of rotatable bonds is 2. The van der Waals surface area contributed by atoms with Gasteiger partial charge in [-0.05, 0) is 26.0 Å². The van der Waals surface area contributed by atoms with E-state index in [0.29, 0.717) is 6.04 Å². The second-order valence-corrected chi connectivity index (χ2v) is 5.14. The molecular formula is C14H22N2. The molecule has 1 aliphatic heterocycles. The number of piperazine rings is 1. The minimum Gasteiger partial charge on any atom is -0.308 e. The van der Waals surface area contributed by atoms with E-state index < -0.39 is 0 Å². The third kappa shape index (κ3) is 2.28. The van der Waals surface area contributed by atoms with Crippen molar-refractivity contribution >= 4 is 0 Å². The van der Waals surface area contributed by atoms with Crippen LogP contribution in [0.2, 0.25) is 0 Å². The molecule has 2 unspecified atom stereocenters. The average molecular weight is 218 g/mol. The van der Waals surface area contributed by atoms with Crippen LogP contribution in [0.4, 0.5) is 0 Å². The van der Waals surface area contributed by atoms with E-state index in [2.05, 4.69) is 61.4 Å². The Morgan fingerprint density at radius 3 is 2.62 bits per heavy atom. The fraction of sp³-hybridized carbons (Fsp3) is 0.571. The first-order valence-electron chi connectivity index (χ1n) is 6.15. The van der Waals surface area contributed by atoms with Gasteiger partial charge in [0.1, 0.15) is 0 Å². The maximum absolute atomic E-state index is 3.68. The minimum atomic E-state index is 0.278. The third-order valence-corrected chi connectivity index (χ3v) is 3.82. The van der Waals surface area contributed by atoms with Crippen LogP contribution in [0, 0.1) is 0 Å². The Bertz CT molecular complexity index is 336. The van der Waals surface area contributed by atoms with Crippen LogP contribution in [0.3, 0.4) is 0 Å². The maximum Gasteiger partial charge on any atom is 0.0470 e. The first-order valence-corrected chi connectivity index (χ1v) is 6.15. The summed E-state index contributed by atoms with van der Waals surface area (Å²) < 4.78 is 0. The average Bonchev–Trinajstić information content (AvgIpc) is 2.30. The summed E-state index contributed by atoms with van der Waals surface area (Å²) in [5.74, 6) is 0. The Morgan fingerprint density at radius 2 is 2.06 bits per heavy atom. The Kier molecular flexibility index (Phi) is 3.31. The lowest BCUT2D eigenvalue weighted by atomic mass is 9.92. The van der Waals surface area contributed by atoms with Crippen LogP contribution >= 0.6 is 0 Å². The molecule has 16 heavy (non-hydrogen) atoms. The van der Waals surface area contributed by atoms with Crippen molar-refractivity contribution in [2.45, 2.75) is 31.8 Å². The molecule has 0 spiro atoms. The van der Waals surface area contributed by atoms with E-state index in [1.807, 2.05) is 0 Å². The zero-order valence-corrected chi connectivity index (χ0v) is 10.5. The summed E-state index contributed by atoms with van der Waals surface area (Å²) in [6.07, 6.45) is 1.18. The van der Waals surface area contributed by atoms with Gasteiger partial charge in [0, 0.05) is 24.7 Å². The molecule has 1 N–H and O–H groups in total. The molecule has 0 aromatic heterocycles.